The van der Waals surface area contributed by atoms with Gasteiger partial charge in [-0.05, 0) is 76.6 Å². The van der Waals surface area contributed by atoms with Crippen LogP contribution in [-0.2, 0) is 14.3 Å². The second-order valence-electron chi connectivity index (χ2n) is 10.4. The Bertz CT molecular complexity index is 887. The molecule has 2 fully saturated rings. The number of carbonyl (C=O) groups excluding carboxylic acids is 3. The van der Waals surface area contributed by atoms with Crippen molar-refractivity contribution in [3.8, 4) is 5.75 Å². The molecule has 2 heterocycles. The van der Waals surface area contributed by atoms with E-state index >= 15 is 0 Å². The monoisotopic (exact) mass is 489 g/mol. The molecular weight excluding hydrogens is 450 g/mol. The Balaban J connectivity index is 1.52. The van der Waals surface area contributed by atoms with Crippen molar-refractivity contribution in [2.45, 2.75) is 58.6 Å². The Labute approximate surface area is 208 Å². The minimum Gasteiger partial charge on any atom is -0.494 e. The predicted molar refractivity (Wildman–Crippen MR) is 131 cm³/mol. The number of esters is 1. The molecule has 0 aromatic heterocycles. The molecule has 2 aliphatic heterocycles. The molecule has 9 heteroatoms. The lowest BCUT2D eigenvalue weighted by atomic mass is 9.77. The van der Waals surface area contributed by atoms with Gasteiger partial charge in [-0.15, -0.1) is 0 Å². The van der Waals surface area contributed by atoms with Gasteiger partial charge in [0.15, 0.2) is 6.04 Å². The van der Waals surface area contributed by atoms with Crippen LogP contribution in [0.5, 0.6) is 5.75 Å². The number of nitrogens with zero attached hydrogens (tertiary/aromatic N) is 2. The Morgan fingerprint density at radius 3 is 2.17 bits per heavy atom. The van der Waals surface area contributed by atoms with Crippen LogP contribution in [0.25, 0.3) is 0 Å². The van der Waals surface area contributed by atoms with Crippen LogP contribution in [0.15, 0.2) is 24.3 Å². The highest BCUT2D eigenvalue weighted by molar-refractivity contribution is 5.94. The number of benzene rings is 1. The van der Waals surface area contributed by atoms with E-state index in [0.717, 1.165) is 25.0 Å². The molecule has 0 aliphatic carbocycles. The molecule has 3 rings (SSSR count). The van der Waals surface area contributed by atoms with Gasteiger partial charge in [0.05, 0.1) is 25.9 Å². The first-order valence-electron chi connectivity index (χ1n) is 12.4. The summed E-state index contributed by atoms with van der Waals surface area (Å²) in [5.74, 6) is 0.248. The van der Waals surface area contributed by atoms with Crippen LogP contribution in [0.3, 0.4) is 0 Å². The van der Waals surface area contributed by atoms with Crippen LogP contribution < -0.4 is 10.1 Å². The molecular formula is C26H39N3O6. The molecule has 0 radical (unpaired) electrons. The zero-order chi connectivity index (χ0) is 25.6. The number of amides is 3. The molecule has 1 aromatic carbocycles. The van der Waals surface area contributed by atoms with Crippen LogP contribution in [0.4, 0.5) is 4.79 Å². The maximum Gasteiger partial charge on any atom is 0.330 e. The Hall–Kier alpha value is -2.81. The molecule has 2 saturated heterocycles. The fourth-order valence-electron chi connectivity index (χ4n) is 4.63. The van der Waals surface area contributed by atoms with Crippen molar-refractivity contribution in [3.63, 3.8) is 0 Å². The van der Waals surface area contributed by atoms with Gasteiger partial charge in [0.2, 0.25) is 0 Å². The van der Waals surface area contributed by atoms with Crippen LogP contribution in [0, 0.1) is 5.41 Å². The number of carbonyl (C=O) groups is 3. The van der Waals surface area contributed by atoms with Gasteiger partial charge >= 0.3 is 12.0 Å². The maximum absolute atomic E-state index is 12.9. The van der Waals surface area contributed by atoms with E-state index in [1.54, 1.807) is 17.0 Å². The molecule has 0 bridgehead atoms. The van der Waals surface area contributed by atoms with Crippen LogP contribution >= 0.6 is 0 Å². The van der Waals surface area contributed by atoms with E-state index in [9.17, 15) is 14.4 Å². The lowest BCUT2D eigenvalue weighted by Gasteiger charge is -2.39. The van der Waals surface area contributed by atoms with E-state index in [1.165, 1.54) is 7.11 Å². The summed E-state index contributed by atoms with van der Waals surface area (Å²) >= 11 is 0. The Morgan fingerprint density at radius 1 is 1.03 bits per heavy atom. The summed E-state index contributed by atoms with van der Waals surface area (Å²) in [6.45, 7) is 10.8. The standard InChI is InChI=1S/C26H39N3O6/c1-6-34-20-9-7-19(8-10-20)22(30)28-14-11-26(12-15-28)13-16-29(18-26)24(32)27-21(23(31)33-5)17-35-25(2,3)4/h7-10,21H,6,11-18H2,1-5H3,(H,27,32). The highest BCUT2D eigenvalue weighted by atomic mass is 16.5. The van der Waals surface area contributed by atoms with Crippen molar-refractivity contribution in [2.24, 2.45) is 5.41 Å². The molecule has 3 amide bonds. The van der Waals surface area contributed by atoms with Crippen LogP contribution in [0.1, 0.15) is 57.3 Å². The zero-order valence-corrected chi connectivity index (χ0v) is 21.6. The second kappa shape index (κ2) is 11.3. The summed E-state index contributed by atoms with van der Waals surface area (Å²) < 4.78 is 16.0. The first-order valence-corrected chi connectivity index (χ1v) is 12.4. The highest BCUT2D eigenvalue weighted by Crippen LogP contribution is 2.40. The molecule has 1 N–H and O–H groups in total. The number of piperidine rings is 1. The molecule has 2 aliphatic rings. The van der Waals surface area contributed by atoms with Gasteiger partial charge in [-0.1, -0.05) is 0 Å². The molecule has 1 aromatic rings. The van der Waals surface area contributed by atoms with Crippen molar-refractivity contribution < 1.29 is 28.6 Å². The Kier molecular flexibility index (Phi) is 8.64. The lowest BCUT2D eigenvalue weighted by Crippen LogP contribution is -2.51. The summed E-state index contributed by atoms with van der Waals surface area (Å²) in [4.78, 5) is 41.7. The van der Waals surface area contributed by atoms with Crippen molar-refractivity contribution >= 4 is 17.9 Å². The zero-order valence-electron chi connectivity index (χ0n) is 21.6. The van der Waals surface area contributed by atoms with Gasteiger partial charge in [0, 0.05) is 31.7 Å². The van der Waals surface area contributed by atoms with E-state index in [4.69, 9.17) is 14.2 Å². The summed E-state index contributed by atoms with van der Waals surface area (Å²) in [5.41, 5.74) is 0.212. The number of hydrogen-bond acceptors (Lipinski definition) is 6. The van der Waals surface area contributed by atoms with E-state index in [0.29, 0.717) is 38.3 Å². The number of nitrogens with one attached hydrogen (secondary N) is 1. The van der Waals surface area contributed by atoms with Gasteiger partial charge in [0.1, 0.15) is 5.75 Å². The van der Waals surface area contributed by atoms with E-state index in [2.05, 4.69) is 5.32 Å². The fourth-order valence-corrected chi connectivity index (χ4v) is 4.63. The summed E-state index contributed by atoms with van der Waals surface area (Å²) in [5, 5.41) is 2.78. The molecule has 1 atom stereocenters. The third-order valence-corrected chi connectivity index (χ3v) is 6.72. The lowest BCUT2D eigenvalue weighted by molar-refractivity contribution is -0.146. The highest BCUT2D eigenvalue weighted by Gasteiger charge is 2.43. The van der Waals surface area contributed by atoms with E-state index in [-0.39, 0.29) is 24.0 Å². The van der Waals surface area contributed by atoms with Crippen molar-refractivity contribution in [2.75, 3.05) is 46.5 Å². The quantitative estimate of drug-likeness (QED) is 0.591. The fraction of sp³-hybridized carbons (Fsp3) is 0.654. The number of urea groups is 1. The largest absolute Gasteiger partial charge is 0.494 e. The summed E-state index contributed by atoms with van der Waals surface area (Å²) in [6, 6.07) is 6.11. The summed E-state index contributed by atoms with van der Waals surface area (Å²) in [6.07, 6.45) is 2.56. The Morgan fingerprint density at radius 2 is 1.63 bits per heavy atom. The van der Waals surface area contributed by atoms with Crippen LogP contribution in [0.2, 0.25) is 0 Å². The third-order valence-electron chi connectivity index (χ3n) is 6.72. The van der Waals surface area contributed by atoms with Crippen molar-refractivity contribution in [1.29, 1.82) is 0 Å². The average Bonchev–Trinajstić information content (AvgIpc) is 3.25. The van der Waals surface area contributed by atoms with Gasteiger partial charge in [-0.2, -0.15) is 0 Å². The number of rotatable bonds is 7. The second-order valence-corrected chi connectivity index (χ2v) is 10.4. The average molecular weight is 490 g/mol. The predicted octanol–water partition coefficient (Wildman–Crippen LogP) is 3.08. The minimum absolute atomic E-state index is 0.00435. The smallest absolute Gasteiger partial charge is 0.330 e. The normalized spacial score (nSPS) is 18.3. The van der Waals surface area contributed by atoms with Gasteiger partial charge in [-0.3, -0.25) is 4.79 Å². The minimum atomic E-state index is -0.864. The molecule has 194 valence electrons. The molecule has 9 nitrogen and oxygen atoms in total. The van der Waals surface area contributed by atoms with Gasteiger partial charge < -0.3 is 29.3 Å². The van der Waals surface area contributed by atoms with E-state index < -0.39 is 17.6 Å². The summed E-state index contributed by atoms with van der Waals surface area (Å²) in [7, 11) is 1.30. The molecule has 35 heavy (non-hydrogen) atoms. The van der Waals surface area contributed by atoms with Gasteiger partial charge in [-0.25, -0.2) is 9.59 Å². The van der Waals surface area contributed by atoms with Crippen LogP contribution in [-0.4, -0.2) is 85.9 Å². The molecule has 1 spiro atoms. The number of likely N-dealkylation sites (tertiary alicyclic amines) is 2. The maximum atomic E-state index is 12.9. The van der Waals surface area contributed by atoms with E-state index in [1.807, 2.05) is 44.7 Å². The topological polar surface area (TPSA) is 97.4 Å². The van der Waals surface area contributed by atoms with Crippen molar-refractivity contribution in [3.05, 3.63) is 29.8 Å². The SMILES string of the molecule is CCOc1ccc(C(=O)N2CCC3(CCN(C(=O)NC(COC(C)(C)C)C(=O)OC)C3)CC2)cc1. The molecule has 0 saturated carbocycles. The molecule has 1 unspecified atom stereocenters. The number of hydrogen-bond donors (Lipinski definition) is 1. The third kappa shape index (κ3) is 7.10. The van der Waals surface area contributed by atoms with Crippen molar-refractivity contribution in [1.82, 2.24) is 15.1 Å². The first-order chi connectivity index (χ1) is 16.6. The number of ether oxygens (including phenoxy) is 3. The van der Waals surface area contributed by atoms with Gasteiger partial charge in [0.25, 0.3) is 5.91 Å². The first kappa shape index (κ1) is 26.8. The number of methoxy groups -OCH3 is 1.